The van der Waals surface area contributed by atoms with E-state index in [4.69, 9.17) is 11.6 Å². The standard InChI is InChI=1S/C19H17ClN2O4/c1-12(19(25)26)21-18(24)16(11-13-7-9-15(20)10-8-13)22-17(23)14-5-3-2-4-6-14/h2-12H,1H3,(H,21,24)(H,22,23)(H,25,26)/p-1/b16-11-/t12-/m1/s1. The predicted molar refractivity (Wildman–Crippen MR) is 95.9 cm³/mol. The Hall–Kier alpha value is -3.12. The minimum atomic E-state index is -1.43. The molecule has 2 aromatic carbocycles. The number of carboxylic acid groups (broad SMARTS) is 1. The number of benzene rings is 2. The average molecular weight is 372 g/mol. The van der Waals surface area contributed by atoms with Gasteiger partial charge in [-0.1, -0.05) is 41.9 Å². The maximum Gasteiger partial charge on any atom is 0.268 e. The van der Waals surface area contributed by atoms with E-state index in [0.29, 0.717) is 16.1 Å². The smallest absolute Gasteiger partial charge is 0.268 e. The van der Waals surface area contributed by atoms with E-state index in [-0.39, 0.29) is 5.70 Å². The zero-order chi connectivity index (χ0) is 19.1. The van der Waals surface area contributed by atoms with Crippen LogP contribution in [0.5, 0.6) is 0 Å². The van der Waals surface area contributed by atoms with Crippen LogP contribution in [0.3, 0.4) is 0 Å². The molecule has 0 spiro atoms. The molecule has 0 aliphatic carbocycles. The van der Waals surface area contributed by atoms with Gasteiger partial charge in [-0.25, -0.2) is 0 Å². The molecule has 0 fully saturated rings. The maximum atomic E-state index is 12.4. The van der Waals surface area contributed by atoms with E-state index in [0.717, 1.165) is 0 Å². The van der Waals surface area contributed by atoms with Gasteiger partial charge < -0.3 is 20.5 Å². The van der Waals surface area contributed by atoms with Gasteiger partial charge in [-0.15, -0.1) is 0 Å². The summed E-state index contributed by atoms with van der Waals surface area (Å²) in [5, 5.41) is 16.1. The summed E-state index contributed by atoms with van der Waals surface area (Å²) < 4.78 is 0. The quantitative estimate of drug-likeness (QED) is 0.749. The lowest BCUT2D eigenvalue weighted by molar-refractivity contribution is -0.307. The van der Waals surface area contributed by atoms with Gasteiger partial charge in [-0.05, 0) is 42.8 Å². The SMILES string of the molecule is C[C@@H](NC(=O)/C(=C/c1ccc(Cl)cc1)NC(=O)c1ccccc1)C(=O)[O-]. The van der Waals surface area contributed by atoms with Crippen LogP contribution in [0.1, 0.15) is 22.8 Å². The number of carbonyl (C=O) groups excluding carboxylic acids is 3. The van der Waals surface area contributed by atoms with Gasteiger partial charge in [0, 0.05) is 10.6 Å². The average Bonchev–Trinajstić information content (AvgIpc) is 2.63. The Morgan fingerprint density at radius 2 is 1.65 bits per heavy atom. The summed E-state index contributed by atoms with van der Waals surface area (Å²) in [6.45, 7) is 1.27. The lowest BCUT2D eigenvalue weighted by Crippen LogP contribution is -2.48. The van der Waals surface area contributed by atoms with E-state index in [1.54, 1.807) is 54.6 Å². The number of rotatable bonds is 6. The molecule has 7 heteroatoms. The second-order valence-electron chi connectivity index (χ2n) is 5.44. The molecule has 1 atom stereocenters. The highest BCUT2D eigenvalue weighted by Crippen LogP contribution is 2.12. The van der Waals surface area contributed by atoms with Gasteiger partial charge in [0.2, 0.25) is 0 Å². The molecular formula is C19H16ClN2O4-. The van der Waals surface area contributed by atoms with Gasteiger partial charge in [0.15, 0.2) is 0 Å². The predicted octanol–water partition coefficient (Wildman–Crippen LogP) is 1.37. The van der Waals surface area contributed by atoms with Gasteiger partial charge in [0.25, 0.3) is 11.8 Å². The molecule has 0 heterocycles. The molecule has 0 aliphatic rings. The first kappa shape index (κ1) is 19.2. The lowest BCUT2D eigenvalue weighted by atomic mass is 10.1. The molecule has 2 N–H and O–H groups in total. The first-order chi connectivity index (χ1) is 12.4. The second kappa shape index (κ2) is 8.82. The topological polar surface area (TPSA) is 98.3 Å². The fourth-order valence-electron chi connectivity index (χ4n) is 2.00. The van der Waals surface area contributed by atoms with Gasteiger partial charge in [0.05, 0.1) is 12.0 Å². The molecule has 0 unspecified atom stereocenters. The molecule has 0 saturated heterocycles. The number of nitrogens with one attached hydrogen (secondary N) is 2. The van der Waals surface area contributed by atoms with E-state index < -0.39 is 23.8 Å². The van der Waals surface area contributed by atoms with Crippen molar-refractivity contribution in [3.63, 3.8) is 0 Å². The third-order valence-electron chi connectivity index (χ3n) is 3.41. The largest absolute Gasteiger partial charge is 0.548 e. The minimum Gasteiger partial charge on any atom is -0.548 e. The maximum absolute atomic E-state index is 12.4. The Labute approximate surface area is 155 Å². The highest BCUT2D eigenvalue weighted by molar-refractivity contribution is 6.30. The second-order valence-corrected chi connectivity index (χ2v) is 5.88. The molecule has 0 radical (unpaired) electrons. The van der Waals surface area contributed by atoms with E-state index >= 15 is 0 Å². The molecule has 6 nitrogen and oxygen atoms in total. The van der Waals surface area contributed by atoms with Crippen LogP contribution in [0.4, 0.5) is 0 Å². The monoisotopic (exact) mass is 371 g/mol. The van der Waals surface area contributed by atoms with Crippen molar-refractivity contribution in [2.75, 3.05) is 0 Å². The zero-order valence-corrected chi connectivity index (χ0v) is 14.6. The van der Waals surface area contributed by atoms with Crippen molar-refractivity contribution in [3.05, 3.63) is 76.4 Å². The van der Waals surface area contributed by atoms with Crippen LogP contribution in [0.2, 0.25) is 5.02 Å². The Morgan fingerprint density at radius 1 is 1.04 bits per heavy atom. The fraction of sp³-hybridized carbons (Fsp3) is 0.105. The Morgan fingerprint density at radius 3 is 2.23 bits per heavy atom. The van der Waals surface area contributed by atoms with E-state index in [1.807, 2.05) is 0 Å². The molecule has 0 bridgehead atoms. The zero-order valence-electron chi connectivity index (χ0n) is 13.9. The van der Waals surface area contributed by atoms with Gasteiger partial charge in [-0.3, -0.25) is 9.59 Å². The van der Waals surface area contributed by atoms with Crippen LogP contribution in [0.25, 0.3) is 6.08 Å². The van der Waals surface area contributed by atoms with Crippen LogP contribution >= 0.6 is 11.6 Å². The van der Waals surface area contributed by atoms with E-state index in [9.17, 15) is 19.5 Å². The van der Waals surface area contributed by atoms with Crippen molar-refractivity contribution in [1.29, 1.82) is 0 Å². The van der Waals surface area contributed by atoms with Gasteiger partial charge in [0.1, 0.15) is 5.70 Å². The third-order valence-corrected chi connectivity index (χ3v) is 3.66. The van der Waals surface area contributed by atoms with Crippen LogP contribution in [0.15, 0.2) is 60.3 Å². The van der Waals surface area contributed by atoms with Gasteiger partial charge in [-0.2, -0.15) is 0 Å². The summed E-state index contributed by atoms with van der Waals surface area (Å²) in [6, 6.07) is 13.7. The first-order valence-electron chi connectivity index (χ1n) is 7.72. The molecule has 0 aliphatic heterocycles. The summed E-state index contributed by atoms with van der Waals surface area (Å²) in [6.07, 6.45) is 1.43. The number of carbonyl (C=O) groups is 3. The summed E-state index contributed by atoms with van der Waals surface area (Å²) in [5.41, 5.74) is 0.860. The molecule has 0 aromatic heterocycles. The lowest BCUT2D eigenvalue weighted by Gasteiger charge is -2.17. The molecular weight excluding hydrogens is 356 g/mol. The molecule has 2 amide bonds. The van der Waals surface area contributed by atoms with Crippen LogP contribution in [0, 0.1) is 0 Å². The Bertz CT molecular complexity index is 832. The summed E-state index contributed by atoms with van der Waals surface area (Å²) in [7, 11) is 0. The summed E-state index contributed by atoms with van der Waals surface area (Å²) in [4.78, 5) is 35.6. The van der Waals surface area contributed by atoms with E-state index in [1.165, 1.54) is 13.0 Å². The fourth-order valence-corrected chi connectivity index (χ4v) is 2.13. The molecule has 134 valence electrons. The highest BCUT2D eigenvalue weighted by atomic mass is 35.5. The third kappa shape index (κ3) is 5.46. The van der Waals surface area contributed by atoms with Crippen LogP contribution < -0.4 is 15.7 Å². The van der Waals surface area contributed by atoms with Crippen LogP contribution in [-0.4, -0.2) is 23.8 Å². The van der Waals surface area contributed by atoms with Crippen molar-refractivity contribution >= 4 is 35.5 Å². The van der Waals surface area contributed by atoms with E-state index in [2.05, 4.69) is 10.6 Å². The molecule has 2 rings (SSSR count). The Balaban J connectivity index is 2.28. The summed E-state index contributed by atoms with van der Waals surface area (Å²) >= 11 is 5.84. The highest BCUT2D eigenvalue weighted by Gasteiger charge is 2.16. The van der Waals surface area contributed by atoms with Crippen molar-refractivity contribution in [3.8, 4) is 0 Å². The number of carboxylic acids is 1. The summed E-state index contributed by atoms with van der Waals surface area (Å²) in [5.74, 6) is -2.68. The number of hydrogen-bond donors (Lipinski definition) is 2. The number of amides is 2. The van der Waals surface area contributed by atoms with Crippen molar-refractivity contribution < 1.29 is 19.5 Å². The number of hydrogen-bond acceptors (Lipinski definition) is 4. The van der Waals surface area contributed by atoms with Gasteiger partial charge >= 0.3 is 0 Å². The first-order valence-corrected chi connectivity index (χ1v) is 8.10. The van der Waals surface area contributed by atoms with Crippen LogP contribution in [-0.2, 0) is 9.59 Å². The number of halogens is 1. The molecule has 2 aromatic rings. The Kier molecular flexibility index (Phi) is 6.52. The minimum absolute atomic E-state index is 0.103. The van der Waals surface area contributed by atoms with Crippen molar-refractivity contribution in [1.82, 2.24) is 10.6 Å². The molecule has 26 heavy (non-hydrogen) atoms. The van der Waals surface area contributed by atoms with Crippen molar-refractivity contribution in [2.45, 2.75) is 13.0 Å². The number of aliphatic carboxylic acids is 1. The van der Waals surface area contributed by atoms with Crippen molar-refractivity contribution in [2.24, 2.45) is 0 Å². The normalized spacial score (nSPS) is 12.2. The molecule has 0 saturated carbocycles.